The largest absolute Gasteiger partial charge is 0.496 e. The molecule has 1 aromatic heterocycles. The van der Waals surface area contributed by atoms with Crippen LogP contribution < -0.4 is 4.74 Å². The maximum Gasteiger partial charge on any atom is 0.185 e. The third-order valence-electron chi connectivity index (χ3n) is 3.68. The zero-order valence-corrected chi connectivity index (χ0v) is 13.4. The minimum absolute atomic E-state index is 0.0138. The Morgan fingerprint density at radius 1 is 1.17 bits per heavy atom. The fraction of sp³-hybridized carbons (Fsp3) is 0.100. The molecule has 2 aromatic carbocycles. The molecule has 3 aromatic rings. The van der Waals surface area contributed by atoms with E-state index >= 15 is 0 Å². The van der Waals surface area contributed by atoms with Crippen molar-refractivity contribution in [3.05, 3.63) is 89.8 Å². The second kappa shape index (κ2) is 7.42. The standard InChI is InChI=1S/C20H18N2O2/c1-24-20-11-9-16(14-18(20)15-22-13-5-12-21-22)8-10-19(23)17-6-3-2-4-7-17/h2-14H,15H2,1H3/b10-8+. The van der Waals surface area contributed by atoms with Crippen LogP contribution in [0.2, 0.25) is 0 Å². The van der Waals surface area contributed by atoms with Gasteiger partial charge in [0.05, 0.1) is 13.7 Å². The van der Waals surface area contributed by atoms with Crippen molar-refractivity contribution in [2.45, 2.75) is 6.54 Å². The Bertz CT molecular complexity index is 837. The van der Waals surface area contributed by atoms with E-state index in [-0.39, 0.29) is 5.78 Å². The highest BCUT2D eigenvalue weighted by Gasteiger charge is 2.05. The van der Waals surface area contributed by atoms with Gasteiger partial charge in [0.25, 0.3) is 0 Å². The van der Waals surface area contributed by atoms with Gasteiger partial charge >= 0.3 is 0 Å². The summed E-state index contributed by atoms with van der Waals surface area (Å²) in [4.78, 5) is 12.2. The van der Waals surface area contributed by atoms with Gasteiger partial charge in [-0.25, -0.2) is 0 Å². The number of nitrogens with zero attached hydrogens (tertiary/aromatic N) is 2. The molecule has 0 radical (unpaired) electrons. The Labute approximate surface area is 141 Å². The molecule has 24 heavy (non-hydrogen) atoms. The van der Waals surface area contributed by atoms with Crippen LogP contribution >= 0.6 is 0 Å². The molecule has 0 unspecified atom stereocenters. The summed E-state index contributed by atoms with van der Waals surface area (Å²) in [6.45, 7) is 0.616. The molecule has 3 rings (SSSR count). The van der Waals surface area contributed by atoms with E-state index in [2.05, 4.69) is 5.10 Å². The Kier molecular flexibility index (Phi) is 4.87. The summed E-state index contributed by atoms with van der Waals surface area (Å²) in [6, 6.07) is 17.0. The topological polar surface area (TPSA) is 44.1 Å². The highest BCUT2D eigenvalue weighted by Crippen LogP contribution is 2.21. The van der Waals surface area contributed by atoms with Crippen LogP contribution in [-0.4, -0.2) is 22.7 Å². The Balaban J connectivity index is 1.81. The van der Waals surface area contributed by atoms with Crippen LogP contribution in [0, 0.1) is 0 Å². The molecule has 0 aliphatic carbocycles. The van der Waals surface area contributed by atoms with E-state index in [4.69, 9.17) is 4.74 Å². The Morgan fingerprint density at radius 3 is 2.71 bits per heavy atom. The van der Waals surface area contributed by atoms with Crippen LogP contribution in [0.5, 0.6) is 5.75 Å². The van der Waals surface area contributed by atoms with Gasteiger partial charge in [0, 0.05) is 23.5 Å². The van der Waals surface area contributed by atoms with Gasteiger partial charge < -0.3 is 4.74 Å². The third-order valence-corrected chi connectivity index (χ3v) is 3.68. The smallest absolute Gasteiger partial charge is 0.185 e. The third kappa shape index (κ3) is 3.79. The second-order valence-electron chi connectivity index (χ2n) is 5.34. The average molecular weight is 318 g/mol. The van der Waals surface area contributed by atoms with E-state index in [0.717, 1.165) is 16.9 Å². The van der Waals surface area contributed by atoms with Crippen molar-refractivity contribution in [2.24, 2.45) is 0 Å². The minimum Gasteiger partial charge on any atom is -0.496 e. The highest BCUT2D eigenvalue weighted by atomic mass is 16.5. The number of hydrogen-bond donors (Lipinski definition) is 0. The molecule has 0 saturated carbocycles. The van der Waals surface area contributed by atoms with Gasteiger partial charge in [0.1, 0.15) is 5.75 Å². The van der Waals surface area contributed by atoms with Crippen LogP contribution in [0.4, 0.5) is 0 Å². The van der Waals surface area contributed by atoms with Crippen molar-refractivity contribution in [3.63, 3.8) is 0 Å². The first-order valence-electron chi connectivity index (χ1n) is 7.68. The molecule has 0 aliphatic rings. The molecule has 4 nitrogen and oxygen atoms in total. The molecule has 0 atom stereocenters. The molecule has 0 fully saturated rings. The van der Waals surface area contributed by atoms with Crippen LogP contribution in [0.1, 0.15) is 21.5 Å². The molecule has 0 saturated heterocycles. The van der Waals surface area contributed by atoms with Crippen molar-refractivity contribution in [1.29, 1.82) is 0 Å². The summed E-state index contributed by atoms with van der Waals surface area (Å²) in [5.74, 6) is 0.789. The molecule has 4 heteroatoms. The number of carbonyl (C=O) groups is 1. The van der Waals surface area contributed by atoms with E-state index in [1.807, 2.05) is 71.6 Å². The first-order chi connectivity index (χ1) is 11.8. The van der Waals surface area contributed by atoms with Crippen molar-refractivity contribution in [1.82, 2.24) is 9.78 Å². The predicted octanol–water partition coefficient (Wildman–Crippen LogP) is 3.84. The van der Waals surface area contributed by atoms with Crippen molar-refractivity contribution in [2.75, 3.05) is 7.11 Å². The summed E-state index contributed by atoms with van der Waals surface area (Å²) >= 11 is 0. The fourth-order valence-corrected chi connectivity index (χ4v) is 2.46. The first-order valence-corrected chi connectivity index (χ1v) is 7.68. The Hall–Kier alpha value is -3.14. The van der Waals surface area contributed by atoms with Gasteiger partial charge in [0.15, 0.2) is 5.78 Å². The highest BCUT2D eigenvalue weighted by molar-refractivity contribution is 6.06. The van der Waals surface area contributed by atoms with E-state index in [1.54, 1.807) is 19.4 Å². The molecule has 120 valence electrons. The van der Waals surface area contributed by atoms with E-state index in [0.29, 0.717) is 12.1 Å². The lowest BCUT2D eigenvalue weighted by Crippen LogP contribution is -2.02. The average Bonchev–Trinajstić information content (AvgIpc) is 3.13. The normalized spacial score (nSPS) is 10.9. The quantitative estimate of drug-likeness (QED) is 0.512. The van der Waals surface area contributed by atoms with Crippen LogP contribution in [-0.2, 0) is 6.54 Å². The fourth-order valence-electron chi connectivity index (χ4n) is 2.46. The van der Waals surface area contributed by atoms with E-state index < -0.39 is 0 Å². The summed E-state index contributed by atoms with van der Waals surface area (Å²) in [5, 5.41) is 4.22. The first kappa shape index (κ1) is 15.7. The SMILES string of the molecule is COc1ccc(/C=C/C(=O)c2ccccc2)cc1Cn1cccn1. The number of carbonyl (C=O) groups excluding carboxylic acids is 1. The number of hydrogen-bond acceptors (Lipinski definition) is 3. The van der Waals surface area contributed by atoms with E-state index in [9.17, 15) is 4.79 Å². The van der Waals surface area contributed by atoms with Crippen molar-refractivity contribution < 1.29 is 9.53 Å². The van der Waals surface area contributed by atoms with Gasteiger partial charge in [-0.15, -0.1) is 0 Å². The monoisotopic (exact) mass is 318 g/mol. The second-order valence-corrected chi connectivity index (χ2v) is 5.34. The van der Waals surface area contributed by atoms with Gasteiger partial charge in [-0.1, -0.05) is 42.5 Å². The maximum absolute atomic E-state index is 12.2. The molecular formula is C20H18N2O2. The van der Waals surface area contributed by atoms with Gasteiger partial charge in [-0.3, -0.25) is 9.48 Å². The van der Waals surface area contributed by atoms with Crippen molar-refractivity contribution in [3.8, 4) is 5.75 Å². The zero-order chi connectivity index (χ0) is 16.8. The van der Waals surface area contributed by atoms with E-state index in [1.165, 1.54) is 0 Å². The number of aromatic nitrogens is 2. The van der Waals surface area contributed by atoms with Gasteiger partial charge in [-0.2, -0.15) is 5.10 Å². The van der Waals surface area contributed by atoms with Crippen LogP contribution in [0.15, 0.2) is 73.1 Å². The molecule has 0 spiro atoms. The lowest BCUT2D eigenvalue weighted by molar-refractivity contribution is 0.104. The molecule has 0 N–H and O–H groups in total. The zero-order valence-electron chi connectivity index (χ0n) is 13.4. The molecule has 0 aliphatic heterocycles. The molecule has 0 amide bonds. The number of rotatable bonds is 6. The summed E-state index contributed by atoms with van der Waals surface area (Å²) in [7, 11) is 1.65. The summed E-state index contributed by atoms with van der Waals surface area (Å²) < 4.78 is 7.25. The molecule has 1 heterocycles. The van der Waals surface area contributed by atoms with Crippen LogP contribution in [0.3, 0.4) is 0 Å². The number of allylic oxidation sites excluding steroid dienone is 1. The summed E-state index contributed by atoms with van der Waals surface area (Å²) in [6.07, 6.45) is 7.06. The Morgan fingerprint density at radius 2 is 2.00 bits per heavy atom. The summed E-state index contributed by atoms with van der Waals surface area (Å²) in [5.41, 5.74) is 2.64. The number of methoxy groups -OCH3 is 1. The van der Waals surface area contributed by atoms with Gasteiger partial charge in [-0.05, 0) is 29.8 Å². The number of ketones is 1. The minimum atomic E-state index is -0.0138. The molecular weight excluding hydrogens is 300 g/mol. The lowest BCUT2D eigenvalue weighted by atomic mass is 10.1. The van der Waals surface area contributed by atoms with Crippen molar-refractivity contribution >= 4 is 11.9 Å². The number of benzene rings is 2. The van der Waals surface area contributed by atoms with Crippen LogP contribution in [0.25, 0.3) is 6.08 Å². The van der Waals surface area contributed by atoms with Gasteiger partial charge in [0.2, 0.25) is 0 Å². The predicted molar refractivity (Wildman–Crippen MR) is 94.1 cm³/mol. The lowest BCUT2D eigenvalue weighted by Gasteiger charge is -2.09. The number of ether oxygens (including phenoxy) is 1. The maximum atomic E-state index is 12.2. The molecule has 0 bridgehead atoms.